The van der Waals surface area contributed by atoms with Crippen LogP contribution in [0, 0.1) is 18.8 Å². The number of nitrogens with zero attached hydrogens (tertiary/aromatic N) is 1. The third-order valence-corrected chi connectivity index (χ3v) is 6.59. The van der Waals surface area contributed by atoms with Crippen LogP contribution in [0.15, 0.2) is 24.3 Å². The summed E-state index contributed by atoms with van der Waals surface area (Å²) in [4.78, 5) is 40.4. The molecular formula is C24H35N3O4. The van der Waals surface area contributed by atoms with Gasteiger partial charge in [0.1, 0.15) is 6.04 Å². The van der Waals surface area contributed by atoms with Gasteiger partial charge < -0.3 is 20.3 Å². The maximum absolute atomic E-state index is 12.9. The maximum atomic E-state index is 12.9. The summed E-state index contributed by atoms with van der Waals surface area (Å²) in [7, 11) is 1.59. The fourth-order valence-electron chi connectivity index (χ4n) is 4.66. The Balaban J connectivity index is 1.62. The van der Waals surface area contributed by atoms with Gasteiger partial charge in [-0.15, -0.1) is 0 Å². The van der Waals surface area contributed by atoms with Crippen molar-refractivity contribution in [3.05, 3.63) is 35.4 Å². The lowest BCUT2D eigenvalue weighted by atomic mass is 9.87. The lowest BCUT2D eigenvalue weighted by Gasteiger charge is -2.36. The number of piperidine rings is 1. The molecule has 1 aliphatic heterocycles. The van der Waals surface area contributed by atoms with Gasteiger partial charge in [-0.05, 0) is 50.2 Å². The van der Waals surface area contributed by atoms with E-state index in [1.165, 1.54) is 0 Å². The van der Waals surface area contributed by atoms with Crippen molar-refractivity contribution in [1.82, 2.24) is 15.5 Å². The number of amides is 3. The molecule has 1 saturated carbocycles. The average Bonchev–Trinajstić information content (AvgIpc) is 3.33. The molecule has 0 aromatic heterocycles. The van der Waals surface area contributed by atoms with Crippen molar-refractivity contribution in [2.45, 2.75) is 51.5 Å². The Morgan fingerprint density at radius 3 is 2.42 bits per heavy atom. The molecule has 31 heavy (non-hydrogen) atoms. The molecule has 1 saturated heterocycles. The molecule has 1 aromatic rings. The standard InChI is InChI=1S/C24H35N3O4/c1-17-7-3-6-10-20(17)24(30)27-14-11-18(12-15-27)21(23(29)25-13-16-31-2)26-22(28)19-8-4-5-9-19/h3,6-7,10,18-19,21H,4-5,8-9,11-16H2,1-2H3,(H,25,29)(H,26,28). The summed E-state index contributed by atoms with van der Waals surface area (Å²) in [6.07, 6.45) is 5.31. The van der Waals surface area contributed by atoms with Crippen LogP contribution in [0.2, 0.25) is 0 Å². The quantitative estimate of drug-likeness (QED) is 0.621. The largest absolute Gasteiger partial charge is 0.383 e. The molecule has 2 fully saturated rings. The van der Waals surface area contributed by atoms with E-state index in [1.807, 2.05) is 36.1 Å². The third kappa shape index (κ3) is 6.06. The maximum Gasteiger partial charge on any atom is 0.254 e. The molecule has 1 aliphatic carbocycles. The van der Waals surface area contributed by atoms with Crippen LogP contribution in [-0.2, 0) is 14.3 Å². The Labute approximate surface area is 184 Å². The number of carbonyl (C=O) groups is 3. The normalized spacial score (nSPS) is 18.6. The van der Waals surface area contributed by atoms with Gasteiger partial charge in [-0.1, -0.05) is 31.0 Å². The second-order valence-electron chi connectivity index (χ2n) is 8.70. The van der Waals surface area contributed by atoms with Crippen molar-refractivity contribution in [2.75, 3.05) is 33.4 Å². The molecule has 7 heteroatoms. The highest BCUT2D eigenvalue weighted by atomic mass is 16.5. The summed E-state index contributed by atoms with van der Waals surface area (Å²) < 4.78 is 5.03. The molecule has 1 unspecified atom stereocenters. The summed E-state index contributed by atoms with van der Waals surface area (Å²) in [5.41, 5.74) is 1.69. The van der Waals surface area contributed by atoms with Gasteiger partial charge in [0.25, 0.3) is 5.91 Å². The van der Waals surface area contributed by atoms with Gasteiger partial charge in [0.15, 0.2) is 0 Å². The third-order valence-electron chi connectivity index (χ3n) is 6.59. The minimum Gasteiger partial charge on any atom is -0.383 e. The van der Waals surface area contributed by atoms with Crippen molar-refractivity contribution in [3.8, 4) is 0 Å². The van der Waals surface area contributed by atoms with E-state index in [4.69, 9.17) is 4.74 Å². The van der Waals surface area contributed by atoms with Gasteiger partial charge in [-0.3, -0.25) is 14.4 Å². The van der Waals surface area contributed by atoms with Gasteiger partial charge in [0.2, 0.25) is 11.8 Å². The molecular weight excluding hydrogens is 394 g/mol. The number of ether oxygens (including phenoxy) is 1. The van der Waals surface area contributed by atoms with Crippen LogP contribution >= 0.6 is 0 Å². The van der Waals surface area contributed by atoms with E-state index in [0.29, 0.717) is 39.1 Å². The summed E-state index contributed by atoms with van der Waals surface area (Å²) in [5.74, 6) is -0.117. The number of hydrogen-bond acceptors (Lipinski definition) is 4. The number of likely N-dealkylation sites (tertiary alicyclic amines) is 1. The van der Waals surface area contributed by atoms with E-state index in [0.717, 1.165) is 36.8 Å². The van der Waals surface area contributed by atoms with Gasteiger partial charge in [-0.25, -0.2) is 0 Å². The number of rotatable bonds is 8. The molecule has 1 aromatic carbocycles. The molecule has 2 N–H and O–H groups in total. The number of hydrogen-bond donors (Lipinski definition) is 2. The van der Waals surface area contributed by atoms with Gasteiger partial charge in [0.05, 0.1) is 6.61 Å². The zero-order valence-corrected chi connectivity index (χ0v) is 18.7. The zero-order valence-electron chi connectivity index (χ0n) is 18.7. The first-order valence-electron chi connectivity index (χ1n) is 11.4. The first-order chi connectivity index (χ1) is 15.0. The molecule has 3 rings (SSSR count). The van der Waals surface area contributed by atoms with Crippen LogP contribution in [0.5, 0.6) is 0 Å². The molecule has 1 atom stereocenters. The highest BCUT2D eigenvalue weighted by molar-refractivity contribution is 5.95. The monoisotopic (exact) mass is 429 g/mol. The summed E-state index contributed by atoms with van der Waals surface area (Å²) >= 11 is 0. The predicted octanol–water partition coefficient (Wildman–Crippen LogP) is 2.28. The Morgan fingerprint density at radius 1 is 1.10 bits per heavy atom. The highest BCUT2D eigenvalue weighted by Crippen LogP contribution is 2.27. The SMILES string of the molecule is COCCNC(=O)C(NC(=O)C1CCCC1)C1CCN(C(=O)c2ccccc2C)CC1. The zero-order chi connectivity index (χ0) is 22.2. The molecule has 0 spiro atoms. The lowest BCUT2D eigenvalue weighted by Crippen LogP contribution is -2.55. The van der Waals surface area contributed by atoms with Crippen LogP contribution < -0.4 is 10.6 Å². The summed E-state index contributed by atoms with van der Waals surface area (Å²) in [5, 5.41) is 5.93. The van der Waals surface area contributed by atoms with Crippen LogP contribution in [0.4, 0.5) is 0 Å². The van der Waals surface area contributed by atoms with Crippen LogP contribution in [0.1, 0.15) is 54.4 Å². The van der Waals surface area contributed by atoms with E-state index in [2.05, 4.69) is 10.6 Å². The van der Waals surface area contributed by atoms with E-state index >= 15 is 0 Å². The number of benzene rings is 1. The van der Waals surface area contributed by atoms with Crippen LogP contribution in [0.3, 0.4) is 0 Å². The molecule has 7 nitrogen and oxygen atoms in total. The Bertz CT molecular complexity index is 768. The molecule has 2 aliphatic rings. The number of carbonyl (C=O) groups excluding carboxylic acids is 3. The Morgan fingerprint density at radius 2 is 1.77 bits per heavy atom. The van der Waals surface area contributed by atoms with Crippen molar-refractivity contribution in [1.29, 1.82) is 0 Å². The topological polar surface area (TPSA) is 87.7 Å². The van der Waals surface area contributed by atoms with Crippen LogP contribution in [-0.4, -0.2) is 62.0 Å². The van der Waals surface area contributed by atoms with Crippen molar-refractivity contribution < 1.29 is 19.1 Å². The molecule has 0 radical (unpaired) electrons. The van der Waals surface area contributed by atoms with Crippen LogP contribution in [0.25, 0.3) is 0 Å². The van der Waals surface area contributed by atoms with E-state index in [9.17, 15) is 14.4 Å². The average molecular weight is 430 g/mol. The Hall–Kier alpha value is -2.41. The van der Waals surface area contributed by atoms with Gasteiger partial charge in [0, 0.05) is 38.2 Å². The minimum atomic E-state index is -0.569. The fourth-order valence-corrected chi connectivity index (χ4v) is 4.66. The predicted molar refractivity (Wildman–Crippen MR) is 119 cm³/mol. The fraction of sp³-hybridized carbons (Fsp3) is 0.625. The van der Waals surface area contributed by atoms with E-state index < -0.39 is 6.04 Å². The lowest BCUT2D eigenvalue weighted by molar-refractivity contribution is -0.132. The highest BCUT2D eigenvalue weighted by Gasteiger charge is 2.35. The molecule has 1 heterocycles. The number of nitrogens with one attached hydrogen (secondary N) is 2. The summed E-state index contributed by atoms with van der Waals surface area (Å²) in [6.45, 7) is 3.95. The van der Waals surface area contributed by atoms with Crippen molar-refractivity contribution in [2.24, 2.45) is 11.8 Å². The molecule has 3 amide bonds. The number of aryl methyl sites for hydroxylation is 1. The second-order valence-corrected chi connectivity index (χ2v) is 8.70. The number of methoxy groups -OCH3 is 1. The van der Waals surface area contributed by atoms with Crippen molar-refractivity contribution >= 4 is 17.7 Å². The van der Waals surface area contributed by atoms with E-state index in [-0.39, 0.29) is 29.6 Å². The second kappa shape index (κ2) is 11.3. The van der Waals surface area contributed by atoms with E-state index in [1.54, 1.807) is 7.11 Å². The summed E-state index contributed by atoms with van der Waals surface area (Å²) in [6, 6.07) is 7.04. The smallest absolute Gasteiger partial charge is 0.254 e. The van der Waals surface area contributed by atoms with Crippen molar-refractivity contribution in [3.63, 3.8) is 0 Å². The minimum absolute atomic E-state index is 0.00817. The van der Waals surface area contributed by atoms with Gasteiger partial charge in [-0.2, -0.15) is 0 Å². The molecule has 170 valence electrons. The van der Waals surface area contributed by atoms with Gasteiger partial charge >= 0.3 is 0 Å². The first-order valence-corrected chi connectivity index (χ1v) is 11.4. The molecule has 0 bridgehead atoms. The first kappa shape index (κ1) is 23.3. The Kier molecular flexibility index (Phi) is 8.46.